The van der Waals surface area contributed by atoms with Crippen molar-refractivity contribution in [2.45, 2.75) is 24.8 Å². The molecule has 11 heteroatoms. The average molecular weight is 337 g/mol. The van der Waals surface area contributed by atoms with E-state index in [9.17, 15) is 8.42 Å². The van der Waals surface area contributed by atoms with Crippen LogP contribution in [0.15, 0.2) is 16.9 Å². The second-order valence-electron chi connectivity index (χ2n) is 4.66. The third-order valence-corrected chi connectivity index (χ3v) is 4.86. The van der Waals surface area contributed by atoms with Gasteiger partial charge in [-0.05, 0) is 12.5 Å². The fourth-order valence-corrected chi connectivity index (χ4v) is 3.68. The molecule has 0 saturated carbocycles. The quantitative estimate of drug-likeness (QED) is 0.569. The maximum absolute atomic E-state index is 10.7. The molecule has 2 aliphatic rings. The Balaban J connectivity index is 2.12. The van der Waals surface area contributed by atoms with Crippen LogP contribution in [0.2, 0.25) is 0 Å². The summed E-state index contributed by atoms with van der Waals surface area (Å²) >= 11 is 1.91. The monoisotopic (exact) mass is 337 g/mol. The van der Waals surface area contributed by atoms with Crippen LogP contribution in [0, 0.1) is 0 Å². The highest BCUT2D eigenvalue weighted by molar-refractivity contribution is 8.00. The number of hydrogen-bond donors (Lipinski definition) is 3. The van der Waals surface area contributed by atoms with Crippen LogP contribution in [0.1, 0.15) is 13.3 Å². The van der Waals surface area contributed by atoms with Crippen LogP contribution in [-0.2, 0) is 14.7 Å². The van der Waals surface area contributed by atoms with Crippen LogP contribution in [0.4, 0.5) is 0 Å². The maximum atomic E-state index is 10.7. The number of guanidine groups is 1. The molecule has 2 atom stereocenters. The van der Waals surface area contributed by atoms with Crippen molar-refractivity contribution in [2.24, 2.45) is 16.5 Å². The molecule has 2 aliphatic heterocycles. The molecule has 5 N–H and O–H groups in total. The molecule has 0 spiro atoms. The summed E-state index contributed by atoms with van der Waals surface area (Å²) in [5.41, 5.74) is 11.5. The summed E-state index contributed by atoms with van der Waals surface area (Å²) < 4.78 is 34.5. The Morgan fingerprint density at radius 3 is 2.90 bits per heavy atom. The number of nitrogens with two attached hydrogens (primary N) is 2. The Bertz CT molecular complexity index is 550. The molecule has 0 aliphatic carbocycles. The second kappa shape index (κ2) is 6.40. The van der Waals surface area contributed by atoms with Crippen molar-refractivity contribution in [3.8, 4) is 0 Å². The van der Waals surface area contributed by atoms with E-state index in [0.717, 1.165) is 25.3 Å². The highest BCUT2D eigenvalue weighted by Gasteiger charge is 2.29. The molecule has 0 aromatic heterocycles. The predicted molar refractivity (Wildman–Crippen MR) is 80.3 cm³/mol. The first-order valence-corrected chi connectivity index (χ1v) is 8.86. The smallest absolute Gasteiger partial charge is 0.368 e. The van der Waals surface area contributed by atoms with Crippen LogP contribution >= 0.6 is 11.8 Å². The van der Waals surface area contributed by atoms with E-state index in [0.29, 0.717) is 16.1 Å². The van der Waals surface area contributed by atoms with Gasteiger partial charge in [-0.3, -0.25) is 4.55 Å². The van der Waals surface area contributed by atoms with Gasteiger partial charge in [0.1, 0.15) is 12.0 Å². The van der Waals surface area contributed by atoms with E-state index in [2.05, 4.69) is 21.1 Å². The molecule has 0 aromatic carbocycles. The summed E-state index contributed by atoms with van der Waals surface area (Å²) in [6.45, 7) is 3.77. The zero-order valence-corrected chi connectivity index (χ0v) is 13.2. The van der Waals surface area contributed by atoms with Crippen LogP contribution < -0.4 is 11.5 Å². The van der Waals surface area contributed by atoms with E-state index in [4.69, 9.17) is 16.0 Å². The first-order chi connectivity index (χ1) is 9.80. The lowest BCUT2D eigenvalue weighted by atomic mass is 10.3. The van der Waals surface area contributed by atoms with Gasteiger partial charge in [-0.2, -0.15) is 30.2 Å². The van der Waals surface area contributed by atoms with Gasteiger partial charge < -0.3 is 16.4 Å². The molecule has 0 aromatic rings. The van der Waals surface area contributed by atoms with Gasteiger partial charge in [0.05, 0.1) is 0 Å². The van der Waals surface area contributed by atoms with E-state index in [1.54, 1.807) is 6.08 Å². The molecule has 9 nitrogen and oxygen atoms in total. The Morgan fingerprint density at radius 2 is 2.33 bits per heavy atom. The van der Waals surface area contributed by atoms with Crippen LogP contribution in [0.5, 0.6) is 0 Å². The van der Waals surface area contributed by atoms with Gasteiger partial charge >= 0.3 is 10.4 Å². The van der Waals surface area contributed by atoms with Crippen LogP contribution in [0.25, 0.3) is 0 Å². The van der Waals surface area contributed by atoms with Crippen molar-refractivity contribution in [3.05, 3.63) is 11.9 Å². The molecule has 2 unspecified atom stereocenters. The van der Waals surface area contributed by atoms with Gasteiger partial charge in [0.25, 0.3) is 0 Å². The van der Waals surface area contributed by atoms with Gasteiger partial charge in [0.15, 0.2) is 0 Å². The molecule has 1 fully saturated rings. The summed E-state index contributed by atoms with van der Waals surface area (Å²) in [6, 6.07) is 0. The summed E-state index contributed by atoms with van der Waals surface area (Å²) in [7, 11) is -4.71. The minimum absolute atomic E-state index is 0.219. The molecule has 1 saturated heterocycles. The normalized spacial score (nSPS) is 27.4. The molecule has 21 heavy (non-hydrogen) atoms. The second-order valence-corrected chi connectivity index (χ2v) is 7.07. The first-order valence-electron chi connectivity index (χ1n) is 6.44. The summed E-state index contributed by atoms with van der Waals surface area (Å²) in [4.78, 5) is 6.17. The first kappa shape index (κ1) is 16.4. The SMILES string of the molecule is CCC1CN(C2=CC(N)N(OS(=O)(=O)O)C(N)=N2)CCS1. The van der Waals surface area contributed by atoms with Gasteiger partial charge in [-0.25, -0.2) is 0 Å². The predicted octanol–water partition coefficient (Wildman–Crippen LogP) is -0.695. The molecule has 0 bridgehead atoms. The molecule has 0 amide bonds. The molecule has 0 radical (unpaired) electrons. The number of aliphatic imine (C=N–C) groups is 1. The lowest BCUT2D eigenvalue weighted by molar-refractivity contribution is -0.0132. The van der Waals surface area contributed by atoms with Crippen molar-refractivity contribution in [3.63, 3.8) is 0 Å². The zero-order chi connectivity index (χ0) is 15.6. The molecule has 2 heterocycles. The highest BCUT2D eigenvalue weighted by Crippen LogP contribution is 2.25. The summed E-state index contributed by atoms with van der Waals surface area (Å²) in [5, 5.41) is 1.16. The highest BCUT2D eigenvalue weighted by atomic mass is 32.3. The topological polar surface area (TPSA) is 134 Å². The Kier molecular flexibility index (Phi) is 4.99. The zero-order valence-electron chi connectivity index (χ0n) is 11.5. The fraction of sp³-hybridized carbons (Fsp3) is 0.700. The minimum atomic E-state index is -4.71. The number of rotatable bonds is 4. The molecular weight excluding hydrogens is 318 g/mol. The molecular formula is C10H19N5O4S2. The van der Waals surface area contributed by atoms with Crippen molar-refractivity contribution >= 4 is 28.1 Å². The Labute approximate surface area is 127 Å². The Hall–Kier alpha value is -1.01. The molecule has 120 valence electrons. The fourth-order valence-electron chi connectivity index (χ4n) is 2.12. The standard InChI is InChI=1S/C10H19N5O4S2/c1-2-7-6-14(3-4-20-7)9-5-8(11)15(10(12)13-9)19-21(16,17)18/h5,7-8H,2-4,6,11H2,1H3,(H2,12,13)(H,16,17,18). The van der Waals surface area contributed by atoms with E-state index < -0.39 is 16.6 Å². The van der Waals surface area contributed by atoms with E-state index in [-0.39, 0.29) is 5.96 Å². The van der Waals surface area contributed by atoms with Gasteiger partial charge in [0, 0.05) is 24.1 Å². The number of thioether (sulfide) groups is 1. The lowest BCUT2D eigenvalue weighted by Gasteiger charge is -2.36. The van der Waals surface area contributed by atoms with Gasteiger partial charge in [0.2, 0.25) is 5.96 Å². The largest absolute Gasteiger partial charge is 0.418 e. The van der Waals surface area contributed by atoms with E-state index >= 15 is 0 Å². The molecule has 2 rings (SSSR count). The van der Waals surface area contributed by atoms with E-state index in [1.165, 1.54) is 0 Å². The van der Waals surface area contributed by atoms with Crippen LogP contribution in [0.3, 0.4) is 0 Å². The number of hydrogen-bond acceptors (Lipinski definition) is 9. The van der Waals surface area contributed by atoms with E-state index in [1.807, 2.05) is 11.8 Å². The van der Waals surface area contributed by atoms with Gasteiger partial charge in [-0.1, -0.05) is 6.92 Å². The van der Waals surface area contributed by atoms with Crippen LogP contribution in [-0.4, -0.2) is 59.2 Å². The van der Waals surface area contributed by atoms with Crippen molar-refractivity contribution in [1.82, 2.24) is 9.96 Å². The average Bonchev–Trinajstić information content (AvgIpc) is 2.41. The lowest BCUT2D eigenvalue weighted by Crippen LogP contribution is -2.52. The number of hydroxylamine groups is 2. The van der Waals surface area contributed by atoms with Crippen molar-refractivity contribution in [2.75, 3.05) is 18.8 Å². The Morgan fingerprint density at radius 1 is 1.62 bits per heavy atom. The summed E-state index contributed by atoms with van der Waals surface area (Å²) in [5.74, 6) is 1.35. The van der Waals surface area contributed by atoms with Crippen molar-refractivity contribution in [1.29, 1.82) is 0 Å². The third kappa shape index (κ3) is 4.23. The third-order valence-electron chi connectivity index (χ3n) is 3.14. The maximum Gasteiger partial charge on any atom is 0.418 e. The minimum Gasteiger partial charge on any atom is -0.368 e. The number of nitrogens with zero attached hydrogens (tertiary/aromatic N) is 3. The summed E-state index contributed by atoms with van der Waals surface area (Å²) in [6.07, 6.45) is 1.65. The van der Waals surface area contributed by atoms with Gasteiger partial charge in [-0.15, -0.1) is 4.28 Å². The van der Waals surface area contributed by atoms with Crippen molar-refractivity contribution < 1.29 is 17.3 Å².